The highest BCUT2D eigenvalue weighted by atomic mass is 79.9. The van der Waals surface area contributed by atoms with Gasteiger partial charge in [0.1, 0.15) is 6.29 Å². The van der Waals surface area contributed by atoms with E-state index in [9.17, 15) is 14.0 Å². The normalized spacial score (nSPS) is 10.2. The molecular weight excluding hydrogens is 335 g/mol. The molecule has 3 nitrogen and oxygen atoms in total. The Morgan fingerprint density at radius 2 is 2.21 bits per heavy atom. The fraction of sp³-hybridized carbons (Fsp3) is 0.0769. The molecule has 0 N–H and O–H groups in total. The summed E-state index contributed by atoms with van der Waals surface area (Å²) < 4.78 is 19.3. The Morgan fingerprint density at radius 1 is 1.42 bits per heavy atom. The van der Waals surface area contributed by atoms with Crippen molar-refractivity contribution in [1.29, 1.82) is 0 Å². The standard InChI is InChI=1S/C13H8BrFO3S/c14-9-3-4-19-13(9)11(17)7-18-12-2-1-8(6-16)5-10(12)15/h1-6H,7H2. The van der Waals surface area contributed by atoms with Crippen molar-refractivity contribution in [2.75, 3.05) is 6.61 Å². The minimum Gasteiger partial charge on any atom is -0.482 e. The predicted octanol–water partition coefficient (Wildman–Crippen LogP) is 3.72. The van der Waals surface area contributed by atoms with Crippen LogP contribution in [-0.4, -0.2) is 18.7 Å². The molecule has 0 spiro atoms. The lowest BCUT2D eigenvalue weighted by molar-refractivity contribution is 0.0921. The molecule has 0 saturated carbocycles. The average Bonchev–Trinajstić information content (AvgIpc) is 2.83. The topological polar surface area (TPSA) is 43.4 Å². The Balaban J connectivity index is 2.05. The summed E-state index contributed by atoms with van der Waals surface area (Å²) in [6.07, 6.45) is 0.542. The number of carbonyl (C=O) groups excluding carboxylic acids is 2. The monoisotopic (exact) mass is 342 g/mol. The quantitative estimate of drug-likeness (QED) is 0.614. The third-order valence-electron chi connectivity index (χ3n) is 2.32. The van der Waals surface area contributed by atoms with Crippen molar-refractivity contribution >= 4 is 39.3 Å². The lowest BCUT2D eigenvalue weighted by Crippen LogP contribution is -2.11. The zero-order chi connectivity index (χ0) is 13.8. The lowest BCUT2D eigenvalue weighted by Gasteiger charge is -2.06. The number of hydrogen-bond acceptors (Lipinski definition) is 4. The summed E-state index contributed by atoms with van der Waals surface area (Å²) >= 11 is 4.53. The van der Waals surface area contributed by atoms with Gasteiger partial charge < -0.3 is 4.74 Å². The molecule has 0 aliphatic heterocycles. The van der Waals surface area contributed by atoms with Crippen LogP contribution in [0.25, 0.3) is 0 Å². The number of halogens is 2. The first kappa shape index (κ1) is 13.9. The van der Waals surface area contributed by atoms with Crippen LogP contribution in [0.1, 0.15) is 20.0 Å². The largest absolute Gasteiger partial charge is 0.482 e. The molecule has 0 unspecified atom stereocenters. The van der Waals surface area contributed by atoms with Crippen molar-refractivity contribution in [2.24, 2.45) is 0 Å². The number of benzene rings is 1. The zero-order valence-corrected chi connectivity index (χ0v) is 12.0. The number of thiophene rings is 1. The molecule has 0 saturated heterocycles. The van der Waals surface area contributed by atoms with E-state index >= 15 is 0 Å². The number of carbonyl (C=O) groups is 2. The van der Waals surface area contributed by atoms with E-state index in [0.717, 1.165) is 6.07 Å². The Labute approximate surface area is 121 Å². The Morgan fingerprint density at radius 3 is 2.79 bits per heavy atom. The molecule has 0 radical (unpaired) electrons. The maximum absolute atomic E-state index is 13.5. The summed E-state index contributed by atoms with van der Waals surface area (Å²) in [6, 6.07) is 5.58. The molecule has 1 aromatic heterocycles. The molecule has 2 aromatic rings. The summed E-state index contributed by atoms with van der Waals surface area (Å²) in [7, 11) is 0. The number of rotatable bonds is 5. The highest BCUT2D eigenvalue weighted by Crippen LogP contribution is 2.24. The first-order valence-corrected chi connectivity index (χ1v) is 6.93. The first-order valence-electron chi connectivity index (χ1n) is 5.25. The molecule has 0 aliphatic carbocycles. The smallest absolute Gasteiger partial charge is 0.211 e. The van der Waals surface area contributed by atoms with Crippen LogP contribution in [0.2, 0.25) is 0 Å². The van der Waals surface area contributed by atoms with E-state index in [1.807, 2.05) is 0 Å². The van der Waals surface area contributed by atoms with Crippen LogP contribution in [0, 0.1) is 5.82 Å². The maximum Gasteiger partial charge on any atom is 0.211 e. The molecule has 0 amide bonds. The first-order chi connectivity index (χ1) is 9.11. The Bertz CT molecular complexity index is 624. The zero-order valence-electron chi connectivity index (χ0n) is 9.56. The summed E-state index contributed by atoms with van der Waals surface area (Å²) in [5.41, 5.74) is 0.220. The van der Waals surface area contributed by atoms with E-state index in [1.54, 1.807) is 11.4 Å². The van der Waals surface area contributed by atoms with Crippen molar-refractivity contribution in [3.63, 3.8) is 0 Å². The molecule has 19 heavy (non-hydrogen) atoms. The second-order valence-electron chi connectivity index (χ2n) is 3.62. The van der Waals surface area contributed by atoms with Gasteiger partial charge in [-0.3, -0.25) is 9.59 Å². The molecule has 0 atom stereocenters. The third kappa shape index (κ3) is 3.27. The van der Waals surface area contributed by atoms with Crippen LogP contribution in [-0.2, 0) is 0 Å². The summed E-state index contributed by atoms with van der Waals surface area (Å²) in [5.74, 6) is -0.949. The molecule has 0 fully saturated rings. The van der Waals surface area contributed by atoms with Crippen LogP contribution < -0.4 is 4.74 Å². The molecular formula is C13H8BrFO3S. The van der Waals surface area contributed by atoms with Gasteiger partial charge in [-0.2, -0.15) is 0 Å². The van der Waals surface area contributed by atoms with Crippen LogP contribution in [0.4, 0.5) is 4.39 Å². The van der Waals surface area contributed by atoms with Gasteiger partial charge in [0, 0.05) is 10.0 Å². The van der Waals surface area contributed by atoms with Gasteiger partial charge in [-0.05, 0) is 45.6 Å². The Hall–Kier alpha value is -1.53. The second-order valence-corrected chi connectivity index (χ2v) is 5.39. The highest BCUT2D eigenvalue weighted by Gasteiger charge is 2.13. The molecule has 98 valence electrons. The number of aldehydes is 1. The third-order valence-corrected chi connectivity index (χ3v) is 4.20. The number of ketones is 1. The lowest BCUT2D eigenvalue weighted by atomic mass is 10.2. The molecule has 6 heteroatoms. The van der Waals surface area contributed by atoms with E-state index in [-0.39, 0.29) is 23.7 Å². The SMILES string of the molecule is O=Cc1ccc(OCC(=O)c2sccc2Br)c(F)c1. The summed E-state index contributed by atoms with van der Waals surface area (Å²) in [6.45, 7) is -0.254. The minimum absolute atomic E-state index is 0.0494. The van der Waals surface area contributed by atoms with Crippen LogP contribution in [0.5, 0.6) is 5.75 Å². The average molecular weight is 343 g/mol. The van der Waals surface area contributed by atoms with Gasteiger partial charge in [0.15, 0.2) is 18.2 Å². The van der Waals surface area contributed by atoms with Gasteiger partial charge >= 0.3 is 0 Å². The molecule has 0 bridgehead atoms. The fourth-order valence-electron chi connectivity index (χ4n) is 1.41. The van der Waals surface area contributed by atoms with Gasteiger partial charge in [0.25, 0.3) is 0 Å². The van der Waals surface area contributed by atoms with Crippen LogP contribution in [0.3, 0.4) is 0 Å². The van der Waals surface area contributed by atoms with Crippen molar-refractivity contribution in [2.45, 2.75) is 0 Å². The highest BCUT2D eigenvalue weighted by molar-refractivity contribution is 9.10. The van der Waals surface area contributed by atoms with Crippen LogP contribution >= 0.6 is 27.3 Å². The summed E-state index contributed by atoms with van der Waals surface area (Å²) in [5, 5.41) is 1.77. The van der Waals surface area contributed by atoms with Gasteiger partial charge in [-0.25, -0.2) is 4.39 Å². The molecule has 0 aliphatic rings. The molecule has 1 aromatic carbocycles. The van der Waals surface area contributed by atoms with Crippen molar-refractivity contribution in [3.8, 4) is 5.75 Å². The molecule has 2 rings (SSSR count). The Kier molecular flexibility index (Phi) is 4.44. The van der Waals surface area contributed by atoms with E-state index in [0.29, 0.717) is 15.6 Å². The second kappa shape index (κ2) is 6.08. The fourth-order valence-corrected chi connectivity index (χ4v) is 2.93. The van der Waals surface area contributed by atoms with Gasteiger partial charge in [-0.1, -0.05) is 0 Å². The van der Waals surface area contributed by atoms with E-state index in [2.05, 4.69) is 15.9 Å². The number of hydrogen-bond donors (Lipinski definition) is 0. The maximum atomic E-state index is 13.5. The number of Topliss-reactive ketones (excluding diaryl/α,β-unsaturated/α-hetero) is 1. The van der Waals surface area contributed by atoms with E-state index in [1.165, 1.54) is 23.5 Å². The van der Waals surface area contributed by atoms with Gasteiger partial charge in [-0.15, -0.1) is 11.3 Å². The minimum atomic E-state index is -0.664. The summed E-state index contributed by atoms with van der Waals surface area (Å²) in [4.78, 5) is 22.8. The van der Waals surface area contributed by atoms with Crippen LogP contribution in [0.15, 0.2) is 34.1 Å². The van der Waals surface area contributed by atoms with E-state index < -0.39 is 5.82 Å². The van der Waals surface area contributed by atoms with Crippen molar-refractivity contribution < 1.29 is 18.7 Å². The van der Waals surface area contributed by atoms with Gasteiger partial charge in [0.05, 0.1) is 4.88 Å². The molecule has 1 heterocycles. The van der Waals surface area contributed by atoms with E-state index in [4.69, 9.17) is 4.74 Å². The van der Waals surface area contributed by atoms with Gasteiger partial charge in [0.2, 0.25) is 5.78 Å². The predicted molar refractivity (Wildman–Crippen MR) is 73.6 cm³/mol. The van der Waals surface area contributed by atoms with Crippen molar-refractivity contribution in [1.82, 2.24) is 0 Å². The number of ether oxygens (including phenoxy) is 1. The van der Waals surface area contributed by atoms with Crippen molar-refractivity contribution in [3.05, 3.63) is 50.4 Å².